The highest BCUT2D eigenvalue weighted by atomic mass is 28.3. The quantitative estimate of drug-likeness (QED) is 0.107. The van der Waals surface area contributed by atoms with Crippen LogP contribution in [0.3, 0.4) is 0 Å². The van der Waals surface area contributed by atoms with Gasteiger partial charge in [-0.25, -0.2) is 0 Å². The minimum atomic E-state index is -5.49. The summed E-state index contributed by atoms with van der Waals surface area (Å²) in [6.07, 6.45) is 0. The monoisotopic (exact) mass is 833 g/mol. The van der Waals surface area contributed by atoms with Gasteiger partial charge in [0.25, 0.3) is 0 Å². The van der Waals surface area contributed by atoms with Crippen LogP contribution in [0, 0.1) is 0 Å². The van der Waals surface area contributed by atoms with Gasteiger partial charge in [-0.1, -0.05) is 206 Å². The molecule has 2 heterocycles. The fourth-order valence-electron chi connectivity index (χ4n) is 9.49. The van der Waals surface area contributed by atoms with E-state index in [0.29, 0.717) is 27.5 Å². The molecule has 0 unspecified atom stereocenters. The Labute approximate surface area is 389 Å². The smallest absolute Gasteiger partial charge is 0.180 e. The van der Waals surface area contributed by atoms with Crippen LogP contribution in [0.1, 0.15) is 20.6 Å². The summed E-state index contributed by atoms with van der Waals surface area (Å²) in [5.74, 6) is 0. The fourth-order valence-corrected chi connectivity index (χ4v) is 13.5. The highest BCUT2D eigenvalue weighted by molar-refractivity contribution is 7.20. The first kappa shape index (κ1) is 24.5. The zero-order chi connectivity index (χ0) is 54.8. The van der Waals surface area contributed by atoms with Gasteiger partial charge in [-0.15, -0.1) is 0 Å². The van der Waals surface area contributed by atoms with Crippen molar-refractivity contribution in [3.8, 4) is 33.6 Å². The molecule has 0 spiro atoms. The van der Waals surface area contributed by atoms with E-state index < -0.39 is 114 Å². The molecular weight excluding hydrogens is 777 g/mol. The Morgan fingerprint density at radius 2 is 0.825 bits per heavy atom. The molecule has 12 aromatic rings. The Bertz CT molecular complexity index is 4260. The molecule has 0 aliphatic rings. The maximum Gasteiger partial charge on any atom is 0.180 e. The van der Waals surface area contributed by atoms with Crippen molar-refractivity contribution in [3.05, 3.63) is 254 Å². The third-order valence-corrected chi connectivity index (χ3v) is 16.3. The number of rotatable bonds is 8. The lowest BCUT2D eigenvalue weighted by Crippen LogP contribution is -2.74. The third-order valence-electron chi connectivity index (χ3n) is 12.1. The second-order valence-corrected chi connectivity index (χ2v) is 18.9. The minimum absolute atomic E-state index is 0.0629. The summed E-state index contributed by atoms with van der Waals surface area (Å²) in [5, 5.41) is 1.16. The van der Waals surface area contributed by atoms with Crippen LogP contribution in [0.4, 0.5) is 0 Å². The molecule has 63 heavy (non-hydrogen) atoms. The molecule has 0 bridgehead atoms. The van der Waals surface area contributed by atoms with E-state index in [1.54, 1.807) is 18.2 Å². The molecule has 3 heteroatoms. The van der Waals surface area contributed by atoms with Gasteiger partial charge in [0.15, 0.2) is 8.07 Å². The lowest BCUT2D eigenvalue weighted by molar-refractivity contribution is 1.17. The summed E-state index contributed by atoms with van der Waals surface area (Å²) in [4.78, 5) is 0. The summed E-state index contributed by atoms with van der Waals surface area (Å²) in [6.45, 7) is 0. The zero-order valence-electron chi connectivity index (χ0n) is 48.5. The molecule has 2 aromatic heterocycles. The average molecular weight is 834 g/mol. The van der Waals surface area contributed by atoms with Crippen molar-refractivity contribution < 1.29 is 20.6 Å². The van der Waals surface area contributed by atoms with Crippen LogP contribution in [-0.4, -0.2) is 17.2 Å². The van der Waals surface area contributed by atoms with Crippen LogP contribution in [-0.2, 0) is 0 Å². The lowest BCUT2D eigenvalue weighted by Gasteiger charge is -2.35. The standard InChI is InChI=1S/C60H42N2Si/c1-6-21-43(22-7-1)45-25-18-26-46(41-45)61-55-40-39-47(42-53(55)59-51(34-19-36-56(59)61)44-23-8-2-9-24-44)62-54-35-17-16-33-52(54)60-57(62)37-20-38-58(60)63(48-27-10-3-11-28-48,49-29-12-4-13-30-49)50-31-14-5-15-32-50/h1-42H/i3D,4D,5D,10D,11D,12D,13D,14D,15D,27D,28D,29D,30D,31D,32D. The summed E-state index contributed by atoms with van der Waals surface area (Å²) in [6, 6.07) is 41.2. The van der Waals surface area contributed by atoms with Gasteiger partial charge in [0.2, 0.25) is 0 Å². The Balaban J connectivity index is 1.26. The Kier molecular flexibility index (Phi) is 5.89. The molecule has 0 aliphatic carbocycles. The fraction of sp³-hybridized carbons (Fsp3) is 0. The van der Waals surface area contributed by atoms with Crippen molar-refractivity contribution in [2.24, 2.45) is 0 Å². The summed E-state index contributed by atoms with van der Waals surface area (Å²) in [7, 11) is -5.49. The van der Waals surface area contributed by atoms with Crippen molar-refractivity contribution in [2.75, 3.05) is 0 Å². The predicted octanol–water partition coefficient (Wildman–Crippen LogP) is 12.6. The molecule has 296 valence electrons. The first-order valence-electron chi connectivity index (χ1n) is 28.0. The van der Waals surface area contributed by atoms with Gasteiger partial charge in [-0.2, -0.15) is 0 Å². The molecule has 0 fully saturated rings. The summed E-state index contributed by atoms with van der Waals surface area (Å²) >= 11 is 0. The van der Waals surface area contributed by atoms with E-state index in [0.717, 1.165) is 49.7 Å². The highest BCUT2D eigenvalue weighted by Crippen LogP contribution is 2.41. The van der Waals surface area contributed by atoms with Crippen molar-refractivity contribution in [1.29, 1.82) is 0 Å². The molecule has 12 rings (SSSR count). The van der Waals surface area contributed by atoms with Gasteiger partial charge < -0.3 is 9.13 Å². The van der Waals surface area contributed by atoms with Gasteiger partial charge in [0.1, 0.15) is 0 Å². The Morgan fingerprint density at radius 3 is 1.48 bits per heavy atom. The van der Waals surface area contributed by atoms with Gasteiger partial charge in [-0.05, 0) is 91.5 Å². The predicted molar refractivity (Wildman–Crippen MR) is 270 cm³/mol. The molecule has 10 aromatic carbocycles. The SMILES string of the molecule is [2H]c1c([2H])c([2H])c([Si](c2c([2H])c([2H])c([2H])c([2H])c2[2H])(c2c([2H])c([2H])c([2H])c([2H])c2[2H])c2cccc3c2c2ccccc2n3-c2ccc3c(c2)c2c(-c4ccccc4)cccc2n3-c2cccc(-c3ccccc3)c2)c([2H])c1[2H]. The van der Waals surface area contributed by atoms with E-state index >= 15 is 0 Å². The number of hydrogen-bond donors (Lipinski definition) is 0. The van der Waals surface area contributed by atoms with E-state index in [1.165, 1.54) is 0 Å². The second-order valence-electron chi connectivity index (χ2n) is 15.3. The van der Waals surface area contributed by atoms with Crippen molar-refractivity contribution in [3.63, 3.8) is 0 Å². The molecule has 0 saturated carbocycles. The number of fused-ring (bicyclic) bond motifs is 6. The van der Waals surface area contributed by atoms with Gasteiger partial charge in [0.05, 0.1) is 42.6 Å². The maximum atomic E-state index is 9.72. The topological polar surface area (TPSA) is 9.86 Å². The van der Waals surface area contributed by atoms with Crippen molar-refractivity contribution in [2.45, 2.75) is 0 Å². The Hall–Kier alpha value is -7.98. The highest BCUT2D eigenvalue weighted by Gasteiger charge is 2.43. The van der Waals surface area contributed by atoms with E-state index in [4.69, 9.17) is 12.3 Å². The second kappa shape index (κ2) is 15.2. The average Bonchev–Trinajstić information content (AvgIpc) is 3.68. The van der Waals surface area contributed by atoms with Crippen LogP contribution in [0.5, 0.6) is 0 Å². The molecule has 0 radical (unpaired) electrons. The van der Waals surface area contributed by atoms with Gasteiger partial charge in [0, 0.05) is 32.9 Å². The van der Waals surface area contributed by atoms with Crippen LogP contribution in [0.15, 0.2) is 254 Å². The van der Waals surface area contributed by atoms with Gasteiger partial charge >= 0.3 is 0 Å². The van der Waals surface area contributed by atoms with E-state index in [-0.39, 0.29) is 5.19 Å². The number of hydrogen-bond acceptors (Lipinski definition) is 0. The number of para-hydroxylation sites is 1. The van der Waals surface area contributed by atoms with Crippen LogP contribution >= 0.6 is 0 Å². The first-order valence-corrected chi connectivity index (χ1v) is 22.5. The maximum absolute atomic E-state index is 9.72. The first-order chi connectivity index (χ1) is 37.5. The molecule has 0 aliphatic heterocycles. The van der Waals surface area contributed by atoms with E-state index in [1.807, 2.05) is 83.4 Å². The van der Waals surface area contributed by atoms with Crippen LogP contribution in [0.25, 0.3) is 77.2 Å². The Morgan fingerprint density at radius 1 is 0.333 bits per heavy atom. The minimum Gasteiger partial charge on any atom is -0.309 e. The third kappa shape index (κ3) is 5.85. The van der Waals surface area contributed by atoms with E-state index in [9.17, 15) is 8.22 Å². The summed E-state index contributed by atoms with van der Waals surface area (Å²) in [5.41, 5.74) is 8.64. The van der Waals surface area contributed by atoms with Crippen LogP contribution in [0.2, 0.25) is 0 Å². The lowest BCUT2D eigenvalue weighted by atomic mass is 9.99. The normalized spacial score (nSPS) is 15.1. The summed E-state index contributed by atoms with van der Waals surface area (Å²) < 4.78 is 143. The molecule has 2 nitrogen and oxygen atoms in total. The molecular formula is C60H42N2Si. The molecule has 0 N–H and O–H groups in total. The van der Waals surface area contributed by atoms with E-state index in [2.05, 4.69) is 71.3 Å². The van der Waals surface area contributed by atoms with Crippen molar-refractivity contribution >= 4 is 72.4 Å². The zero-order valence-corrected chi connectivity index (χ0v) is 34.5. The number of aromatic nitrogens is 2. The number of nitrogens with zero attached hydrogens (tertiary/aromatic N) is 2. The molecule has 0 saturated heterocycles. The van der Waals surface area contributed by atoms with Crippen molar-refractivity contribution in [1.82, 2.24) is 9.13 Å². The molecule has 0 amide bonds. The van der Waals surface area contributed by atoms with Gasteiger partial charge in [-0.3, -0.25) is 0 Å². The van der Waals surface area contributed by atoms with Crippen LogP contribution < -0.4 is 20.7 Å². The molecule has 0 atom stereocenters. The largest absolute Gasteiger partial charge is 0.309 e. The number of benzene rings is 10.